The van der Waals surface area contributed by atoms with Gasteiger partial charge in [0.05, 0.1) is 12.1 Å². The molecule has 3 aromatic heterocycles. The first kappa shape index (κ1) is 25.4. The largest absolute Gasteiger partial charge is 0.366 e. The number of hydrogen-bond acceptors (Lipinski definition) is 6. The van der Waals surface area contributed by atoms with Crippen molar-refractivity contribution in [3.63, 3.8) is 0 Å². The van der Waals surface area contributed by atoms with E-state index in [-0.39, 0.29) is 18.2 Å². The van der Waals surface area contributed by atoms with E-state index in [1.165, 1.54) is 10.6 Å². The molecule has 6 rings (SSSR count). The normalized spacial score (nSPS) is 16.4. The van der Waals surface area contributed by atoms with Crippen LogP contribution < -0.4 is 21.7 Å². The maximum Gasteiger partial charge on any atom is 0.281 e. The van der Waals surface area contributed by atoms with E-state index in [1.54, 1.807) is 22.8 Å². The molecule has 0 bridgehead atoms. The van der Waals surface area contributed by atoms with Crippen LogP contribution in [0.4, 0.5) is 14.6 Å². The summed E-state index contributed by atoms with van der Waals surface area (Å²) in [4.78, 5) is 30.1. The SMILES string of the molecule is Cc1cc2c(C(N)=O)cccc2n1-c1nc(NCc2ccccc2)c2ccc(C(=O)NC3CNCC3(F)F)n2n1. The van der Waals surface area contributed by atoms with E-state index < -0.39 is 30.3 Å². The van der Waals surface area contributed by atoms with Crippen LogP contribution in [0.3, 0.4) is 0 Å². The first-order valence-corrected chi connectivity index (χ1v) is 12.7. The van der Waals surface area contributed by atoms with Crippen molar-refractivity contribution >= 4 is 34.1 Å². The standard InChI is InChI=1S/C28H26F2N8O2/c1-16-12-19-18(24(31)39)8-5-9-20(19)37(16)27-35-25(33-13-17-6-3-2-4-7-17)21-10-11-22(38(21)36-27)26(40)34-23-14-32-15-28(23,29)30/h2-12,23,32H,13-15H2,1H3,(H2,31,39)(H,34,40)(H,33,35,36). The molecule has 1 unspecified atom stereocenters. The number of fused-ring (bicyclic) bond motifs is 2. The molecule has 5 aromatic rings. The van der Waals surface area contributed by atoms with Crippen LogP contribution in [0.2, 0.25) is 0 Å². The maximum absolute atomic E-state index is 14.2. The molecular weight excluding hydrogens is 518 g/mol. The molecule has 2 amide bonds. The molecule has 204 valence electrons. The van der Waals surface area contributed by atoms with Crippen LogP contribution in [0.25, 0.3) is 22.4 Å². The van der Waals surface area contributed by atoms with Crippen molar-refractivity contribution in [3.8, 4) is 5.95 Å². The monoisotopic (exact) mass is 544 g/mol. The van der Waals surface area contributed by atoms with Crippen molar-refractivity contribution in [2.24, 2.45) is 5.73 Å². The predicted molar refractivity (Wildman–Crippen MR) is 146 cm³/mol. The number of anilines is 1. The molecule has 10 nitrogen and oxygen atoms in total. The Hall–Kier alpha value is -4.84. The van der Waals surface area contributed by atoms with Gasteiger partial charge in [-0.2, -0.15) is 4.98 Å². The van der Waals surface area contributed by atoms with E-state index in [2.05, 4.69) is 21.0 Å². The van der Waals surface area contributed by atoms with Gasteiger partial charge in [0.15, 0.2) is 5.82 Å². The van der Waals surface area contributed by atoms with Gasteiger partial charge in [-0.25, -0.2) is 13.3 Å². The molecule has 0 aliphatic carbocycles. The summed E-state index contributed by atoms with van der Waals surface area (Å²) in [6.07, 6.45) is 0. The molecule has 0 spiro atoms. The van der Waals surface area contributed by atoms with Gasteiger partial charge in [0.2, 0.25) is 5.91 Å². The number of rotatable bonds is 7. The predicted octanol–water partition coefficient (Wildman–Crippen LogP) is 3.03. The van der Waals surface area contributed by atoms with Gasteiger partial charge in [-0.1, -0.05) is 36.4 Å². The number of primary amides is 1. The number of nitrogens with zero attached hydrogens (tertiary/aromatic N) is 4. The van der Waals surface area contributed by atoms with E-state index in [1.807, 2.05) is 49.4 Å². The number of hydrogen-bond donors (Lipinski definition) is 4. The number of carbonyl (C=O) groups is 2. The van der Waals surface area contributed by atoms with Crippen molar-refractivity contribution < 1.29 is 18.4 Å². The second-order valence-corrected chi connectivity index (χ2v) is 9.76. The van der Waals surface area contributed by atoms with Crippen molar-refractivity contribution in [2.75, 3.05) is 18.4 Å². The minimum atomic E-state index is -3.06. The minimum absolute atomic E-state index is 0.0388. The number of halogens is 2. The number of alkyl halides is 2. The summed E-state index contributed by atoms with van der Waals surface area (Å²) < 4.78 is 31.6. The third-order valence-corrected chi connectivity index (χ3v) is 7.05. The lowest BCUT2D eigenvalue weighted by atomic mass is 10.1. The maximum atomic E-state index is 14.2. The molecular formula is C28H26F2N8O2. The first-order chi connectivity index (χ1) is 19.2. The Bertz CT molecular complexity index is 1760. The van der Waals surface area contributed by atoms with E-state index in [0.717, 1.165) is 11.3 Å². The fourth-order valence-corrected chi connectivity index (χ4v) is 5.05. The highest BCUT2D eigenvalue weighted by molar-refractivity contribution is 6.06. The summed E-state index contributed by atoms with van der Waals surface area (Å²) >= 11 is 0. The highest BCUT2D eigenvalue weighted by Crippen LogP contribution is 2.28. The fraction of sp³-hybridized carbons (Fsp3) is 0.214. The van der Waals surface area contributed by atoms with Gasteiger partial charge < -0.3 is 21.7 Å². The molecule has 1 aliphatic rings. The van der Waals surface area contributed by atoms with Gasteiger partial charge in [0.1, 0.15) is 17.3 Å². The van der Waals surface area contributed by atoms with Gasteiger partial charge in [-0.05, 0) is 42.8 Å². The van der Waals surface area contributed by atoms with Crippen molar-refractivity contribution in [2.45, 2.75) is 25.4 Å². The van der Waals surface area contributed by atoms with Crippen LogP contribution in [-0.4, -0.2) is 56.0 Å². The van der Waals surface area contributed by atoms with E-state index in [0.29, 0.717) is 34.3 Å². The Kier molecular flexibility index (Phi) is 6.18. The highest BCUT2D eigenvalue weighted by atomic mass is 19.3. The molecule has 0 radical (unpaired) electrons. The van der Waals surface area contributed by atoms with Gasteiger partial charge >= 0.3 is 0 Å². The summed E-state index contributed by atoms with van der Waals surface area (Å²) in [6, 6.07) is 18.6. The zero-order valence-electron chi connectivity index (χ0n) is 21.5. The van der Waals surface area contributed by atoms with Gasteiger partial charge in [-0.3, -0.25) is 14.2 Å². The average molecular weight is 545 g/mol. The number of aryl methyl sites for hydroxylation is 1. The number of aromatic nitrogens is 4. The molecule has 4 heterocycles. The molecule has 40 heavy (non-hydrogen) atoms. The summed E-state index contributed by atoms with van der Waals surface area (Å²) in [5, 5.41) is 13.7. The van der Waals surface area contributed by atoms with Crippen LogP contribution >= 0.6 is 0 Å². The van der Waals surface area contributed by atoms with Gasteiger partial charge in [-0.15, -0.1) is 5.10 Å². The highest BCUT2D eigenvalue weighted by Gasteiger charge is 2.45. The number of nitrogens with two attached hydrogens (primary N) is 1. The number of amides is 2. The van der Waals surface area contributed by atoms with Crippen molar-refractivity contribution in [1.82, 2.24) is 29.8 Å². The Labute approximate surface area is 227 Å². The zero-order chi connectivity index (χ0) is 28.0. The Morgan fingerprint density at radius 2 is 1.90 bits per heavy atom. The van der Waals surface area contributed by atoms with E-state index in [4.69, 9.17) is 10.7 Å². The van der Waals surface area contributed by atoms with Gasteiger partial charge in [0.25, 0.3) is 17.8 Å². The van der Waals surface area contributed by atoms with Crippen molar-refractivity contribution in [1.29, 1.82) is 0 Å². The Morgan fingerprint density at radius 1 is 1.10 bits per heavy atom. The molecule has 1 saturated heterocycles. The molecule has 1 atom stereocenters. The second kappa shape index (κ2) is 9.72. The Morgan fingerprint density at radius 3 is 2.62 bits per heavy atom. The molecule has 12 heteroatoms. The molecule has 1 fully saturated rings. The smallest absolute Gasteiger partial charge is 0.281 e. The van der Waals surface area contributed by atoms with E-state index >= 15 is 0 Å². The quantitative estimate of drug-likeness (QED) is 0.249. The summed E-state index contributed by atoms with van der Waals surface area (Å²) in [6.45, 7) is 1.74. The number of carbonyl (C=O) groups excluding carboxylic acids is 2. The lowest BCUT2D eigenvalue weighted by Gasteiger charge is -2.19. The third kappa shape index (κ3) is 4.41. The molecule has 0 saturated carbocycles. The first-order valence-electron chi connectivity index (χ1n) is 12.7. The molecule has 5 N–H and O–H groups in total. The summed E-state index contributed by atoms with van der Waals surface area (Å²) in [7, 11) is 0. The molecule has 2 aromatic carbocycles. The van der Waals surface area contributed by atoms with Crippen LogP contribution in [0.5, 0.6) is 0 Å². The zero-order valence-corrected chi connectivity index (χ0v) is 21.5. The number of benzene rings is 2. The lowest BCUT2D eigenvalue weighted by molar-refractivity contribution is -0.00255. The van der Waals surface area contributed by atoms with E-state index in [9.17, 15) is 18.4 Å². The van der Waals surface area contributed by atoms with Crippen LogP contribution in [0.1, 0.15) is 32.1 Å². The average Bonchev–Trinajstić information content (AvgIpc) is 3.61. The summed E-state index contributed by atoms with van der Waals surface area (Å²) in [5.41, 5.74) is 8.92. The fourth-order valence-electron chi connectivity index (χ4n) is 5.05. The van der Waals surface area contributed by atoms with Crippen LogP contribution in [0.15, 0.2) is 66.7 Å². The molecule has 1 aliphatic heterocycles. The number of nitrogens with one attached hydrogen (secondary N) is 3. The topological polar surface area (TPSA) is 131 Å². The van der Waals surface area contributed by atoms with Crippen molar-refractivity contribution in [3.05, 3.63) is 89.2 Å². The summed E-state index contributed by atoms with van der Waals surface area (Å²) in [5.74, 6) is -3.66. The second-order valence-electron chi connectivity index (χ2n) is 9.76. The third-order valence-electron chi connectivity index (χ3n) is 7.05. The van der Waals surface area contributed by atoms with Gasteiger partial charge in [0, 0.05) is 29.7 Å². The Balaban J connectivity index is 1.48. The van der Waals surface area contributed by atoms with Crippen LogP contribution in [-0.2, 0) is 6.54 Å². The lowest BCUT2D eigenvalue weighted by Crippen LogP contribution is -2.47. The minimum Gasteiger partial charge on any atom is -0.366 e. The van der Waals surface area contributed by atoms with Crippen LogP contribution in [0, 0.1) is 6.92 Å².